The van der Waals surface area contributed by atoms with Gasteiger partial charge in [-0.25, -0.2) is 9.78 Å². The van der Waals surface area contributed by atoms with Crippen molar-refractivity contribution in [3.8, 4) is 0 Å². The number of aromatic carboxylic acids is 1. The van der Waals surface area contributed by atoms with Crippen LogP contribution < -0.4 is 5.32 Å². The van der Waals surface area contributed by atoms with E-state index in [1.807, 2.05) is 13.8 Å². The standard InChI is InChI=1S/C12H15ClN2O3/c1-12(2)7(5-8(12)16)14-9-4-3-6(13)10(15-9)11(17)18/h3-4,7-8,16H,5H2,1-2H3,(H,14,15)(H,17,18). The lowest BCUT2D eigenvalue weighted by Crippen LogP contribution is -2.57. The molecule has 6 heteroatoms. The number of rotatable bonds is 3. The maximum Gasteiger partial charge on any atom is 0.356 e. The largest absolute Gasteiger partial charge is 0.476 e. The zero-order valence-electron chi connectivity index (χ0n) is 10.1. The Morgan fingerprint density at radius 1 is 1.56 bits per heavy atom. The summed E-state index contributed by atoms with van der Waals surface area (Å²) in [4.78, 5) is 14.9. The molecule has 0 saturated heterocycles. The van der Waals surface area contributed by atoms with Gasteiger partial charge in [0.25, 0.3) is 0 Å². The molecular weight excluding hydrogens is 256 g/mol. The molecule has 2 atom stereocenters. The molecule has 1 aromatic rings. The molecule has 1 fully saturated rings. The summed E-state index contributed by atoms with van der Waals surface area (Å²) in [5.74, 6) is -0.696. The molecule has 0 bridgehead atoms. The van der Waals surface area contributed by atoms with Crippen LogP contribution in [0.2, 0.25) is 5.02 Å². The summed E-state index contributed by atoms with van der Waals surface area (Å²) in [6.07, 6.45) is 0.279. The van der Waals surface area contributed by atoms with Crippen LogP contribution in [0.5, 0.6) is 0 Å². The summed E-state index contributed by atoms with van der Waals surface area (Å²) in [7, 11) is 0. The Hall–Kier alpha value is -1.33. The first-order chi connectivity index (χ1) is 8.32. The molecule has 0 aliphatic heterocycles. The molecule has 98 valence electrons. The number of nitrogens with one attached hydrogen (secondary N) is 1. The van der Waals surface area contributed by atoms with E-state index >= 15 is 0 Å². The lowest BCUT2D eigenvalue weighted by Gasteiger charge is -2.49. The van der Waals surface area contributed by atoms with Crippen molar-refractivity contribution in [2.24, 2.45) is 5.41 Å². The molecule has 0 radical (unpaired) electrons. The van der Waals surface area contributed by atoms with E-state index in [1.54, 1.807) is 6.07 Å². The van der Waals surface area contributed by atoms with Crippen molar-refractivity contribution in [2.75, 3.05) is 5.32 Å². The third-order valence-corrected chi connectivity index (χ3v) is 3.89. The minimum absolute atomic E-state index is 0.0721. The molecule has 2 rings (SSSR count). The Kier molecular flexibility index (Phi) is 3.21. The quantitative estimate of drug-likeness (QED) is 0.783. The Morgan fingerprint density at radius 2 is 2.22 bits per heavy atom. The number of halogens is 1. The maximum atomic E-state index is 10.9. The smallest absolute Gasteiger partial charge is 0.356 e. The predicted octanol–water partition coefficient (Wildman–Crippen LogP) is 2.00. The number of hydrogen-bond acceptors (Lipinski definition) is 4. The van der Waals surface area contributed by atoms with Gasteiger partial charge < -0.3 is 15.5 Å². The van der Waals surface area contributed by atoms with Crippen LogP contribution in [-0.2, 0) is 0 Å². The highest BCUT2D eigenvalue weighted by atomic mass is 35.5. The number of hydrogen-bond donors (Lipinski definition) is 3. The Bertz CT molecular complexity index is 490. The first kappa shape index (κ1) is 13.1. The van der Waals surface area contributed by atoms with Gasteiger partial charge in [-0.15, -0.1) is 0 Å². The highest BCUT2D eigenvalue weighted by molar-refractivity contribution is 6.33. The van der Waals surface area contributed by atoms with Crippen LogP contribution in [0.15, 0.2) is 12.1 Å². The average molecular weight is 271 g/mol. The van der Waals surface area contributed by atoms with Gasteiger partial charge in [0.2, 0.25) is 0 Å². The van der Waals surface area contributed by atoms with Gasteiger partial charge in [-0.05, 0) is 18.6 Å². The molecule has 1 saturated carbocycles. The van der Waals surface area contributed by atoms with E-state index in [9.17, 15) is 9.90 Å². The van der Waals surface area contributed by atoms with E-state index in [0.29, 0.717) is 12.2 Å². The zero-order valence-corrected chi connectivity index (χ0v) is 10.9. The van der Waals surface area contributed by atoms with E-state index in [0.717, 1.165) is 0 Å². The van der Waals surface area contributed by atoms with E-state index in [4.69, 9.17) is 16.7 Å². The minimum Gasteiger partial charge on any atom is -0.476 e. The van der Waals surface area contributed by atoms with Gasteiger partial charge >= 0.3 is 5.97 Å². The number of carboxylic acids is 1. The molecule has 0 aromatic carbocycles. The van der Waals surface area contributed by atoms with Crippen LogP contribution in [0.3, 0.4) is 0 Å². The van der Waals surface area contributed by atoms with Crippen molar-refractivity contribution < 1.29 is 15.0 Å². The van der Waals surface area contributed by atoms with Crippen molar-refractivity contribution in [3.05, 3.63) is 22.8 Å². The van der Waals surface area contributed by atoms with Gasteiger partial charge in [0, 0.05) is 11.5 Å². The molecule has 1 heterocycles. The fourth-order valence-electron chi connectivity index (χ4n) is 2.00. The number of pyridine rings is 1. The fourth-order valence-corrected chi connectivity index (χ4v) is 2.18. The Morgan fingerprint density at radius 3 is 2.72 bits per heavy atom. The van der Waals surface area contributed by atoms with Crippen LogP contribution in [-0.4, -0.2) is 33.3 Å². The highest BCUT2D eigenvalue weighted by Gasteiger charge is 2.47. The van der Waals surface area contributed by atoms with E-state index in [-0.39, 0.29) is 28.3 Å². The molecule has 0 amide bonds. The number of aromatic nitrogens is 1. The molecule has 3 N–H and O–H groups in total. The third kappa shape index (κ3) is 2.15. The molecule has 1 aliphatic carbocycles. The second-order valence-electron chi connectivity index (χ2n) is 5.10. The summed E-state index contributed by atoms with van der Waals surface area (Å²) < 4.78 is 0. The average Bonchev–Trinajstić information content (AvgIpc) is 2.30. The van der Waals surface area contributed by atoms with Crippen molar-refractivity contribution in [1.82, 2.24) is 4.98 Å². The van der Waals surface area contributed by atoms with Gasteiger partial charge in [-0.3, -0.25) is 0 Å². The SMILES string of the molecule is CC1(C)C(O)CC1Nc1ccc(Cl)c(C(=O)O)n1. The zero-order chi connectivity index (χ0) is 13.5. The summed E-state index contributed by atoms with van der Waals surface area (Å²) in [5, 5.41) is 21.8. The summed E-state index contributed by atoms with van der Waals surface area (Å²) in [6, 6.07) is 3.21. The number of aliphatic hydroxyl groups is 1. The monoisotopic (exact) mass is 270 g/mol. The maximum absolute atomic E-state index is 10.9. The lowest BCUT2D eigenvalue weighted by atomic mass is 9.64. The van der Waals surface area contributed by atoms with Crippen LogP contribution >= 0.6 is 11.6 Å². The summed E-state index contributed by atoms with van der Waals surface area (Å²) in [6.45, 7) is 3.90. The summed E-state index contributed by atoms with van der Waals surface area (Å²) >= 11 is 5.74. The van der Waals surface area contributed by atoms with Gasteiger partial charge in [0.15, 0.2) is 5.69 Å². The lowest BCUT2D eigenvalue weighted by molar-refractivity contribution is -0.0511. The second-order valence-corrected chi connectivity index (χ2v) is 5.51. The first-order valence-corrected chi connectivity index (χ1v) is 6.04. The minimum atomic E-state index is -1.16. The molecule has 18 heavy (non-hydrogen) atoms. The number of carboxylic acid groups (broad SMARTS) is 1. The fraction of sp³-hybridized carbons (Fsp3) is 0.500. The van der Waals surface area contributed by atoms with E-state index in [2.05, 4.69) is 10.3 Å². The predicted molar refractivity (Wildman–Crippen MR) is 68.0 cm³/mol. The number of carbonyl (C=O) groups is 1. The number of aliphatic hydroxyl groups excluding tert-OH is 1. The van der Waals surface area contributed by atoms with E-state index < -0.39 is 5.97 Å². The topological polar surface area (TPSA) is 82.5 Å². The molecule has 5 nitrogen and oxygen atoms in total. The van der Waals surface area contributed by atoms with Crippen LogP contribution in [0.1, 0.15) is 30.8 Å². The Labute approximate surface area is 110 Å². The van der Waals surface area contributed by atoms with E-state index in [1.165, 1.54) is 6.07 Å². The molecule has 1 aromatic heterocycles. The van der Waals surface area contributed by atoms with Crippen molar-refractivity contribution >= 4 is 23.4 Å². The van der Waals surface area contributed by atoms with Gasteiger partial charge in [-0.1, -0.05) is 25.4 Å². The van der Waals surface area contributed by atoms with Crippen molar-refractivity contribution in [2.45, 2.75) is 32.4 Å². The van der Waals surface area contributed by atoms with Gasteiger partial charge in [-0.2, -0.15) is 0 Å². The third-order valence-electron chi connectivity index (χ3n) is 3.59. The number of anilines is 1. The van der Waals surface area contributed by atoms with Crippen LogP contribution in [0.25, 0.3) is 0 Å². The number of nitrogens with zero attached hydrogens (tertiary/aromatic N) is 1. The van der Waals surface area contributed by atoms with Crippen LogP contribution in [0, 0.1) is 5.41 Å². The molecule has 1 aliphatic rings. The van der Waals surface area contributed by atoms with Gasteiger partial charge in [0.1, 0.15) is 5.82 Å². The van der Waals surface area contributed by atoms with Crippen molar-refractivity contribution in [3.63, 3.8) is 0 Å². The second kappa shape index (κ2) is 4.40. The first-order valence-electron chi connectivity index (χ1n) is 5.67. The van der Waals surface area contributed by atoms with Crippen LogP contribution in [0.4, 0.5) is 5.82 Å². The summed E-state index contributed by atoms with van der Waals surface area (Å²) in [5.41, 5.74) is -0.413. The molecular formula is C12H15ClN2O3. The highest BCUT2D eigenvalue weighted by Crippen LogP contribution is 2.42. The van der Waals surface area contributed by atoms with Crippen molar-refractivity contribution in [1.29, 1.82) is 0 Å². The molecule has 0 spiro atoms. The normalized spacial score (nSPS) is 25.3. The Balaban J connectivity index is 2.16. The van der Waals surface area contributed by atoms with Gasteiger partial charge in [0.05, 0.1) is 11.1 Å². The molecule has 2 unspecified atom stereocenters.